The number of carbonyl (C=O) groups is 1. The first-order valence-electron chi connectivity index (χ1n) is 11.4. The molecule has 2 aliphatic rings. The van der Waals surface area contributed by atoms with Gasteiger partial charge in [0, 0.05) is 12.6 Å². The van der Waals surface area contributed by atoms with Gasteiger partial charge in [-0.15, -0.1) is 0 Å². The number of hydrogen-bond donors (Lipinski definition) is 1. The Hall–Kier alpha value is -1.83. The van der Waals surface area contributed by atoms with E-state index < -0.39 is 12.0 Å². The minimum Gasteiger partial charge on any atom is -0.493 e. The first kappa shape index (κ1) is 23.8. The van der Waals surface area contributed by atoms with Gasteiger partial charge in [-0.05, 0) is 69.9 Å². The Morgan fingerprint density at radius 3 is 2.58 bits per heavy atom. The Labute approximate surface area is 186 Å². The summed E-state index contributed by atoms with van der Waals surface area (Å²) in [6.45, 7) is 2.47. The standard InChI is InChI=1S/C24H38N2O5/c1-25(2)23(24(27)28)18-11-13-26(16-18)19-7-5-6-8-20(19)31-14-12-17-9-10-21(29-3)22(15-17)30-4/h9-10,15,18-20,23H,5-8,11-14,16H2,1-4H3,(H,27,28)/t18?,19-,20+,23-/m0/s1. The van der Waals surface area contributed by atoms with Crippen LogP contribution < -0.4 is 9.47 Å². The van der Waals surface area contributed by atoms with Gasteiger partial charge in [0.15, 0.2) is 11.5 Å². The van der Waals surface area contributed by atoms with Crippen LogP contribution in [0.3, 0.4) is 0 Å². The molecule has 1 saturated heterocycles. The second-order valence-electron chi connectivity index (χ2n) is 8.99. The summed E-state index contributed by atoms with van der Waals surface area (Å²) in [5.74, 6) is 0.929. The SMILES string of the molecule is COc1ccc(CCO[C@@H]2CCCC[C@@H]2N2CCC([C@@H](C(=O)O)N(C)C)C2)cc1OC. The molecule has 3 rings (SSSR count). The number of likely N-dealkylation sites (N-methyl/N-ethyl adjacent to an activating group) is 1. The van der Waals surface area contributed by atoms with Gasteiger partial charge in [-0.25, -0.2) is 0 Å². The van der Waals surface area contributed by atoms with Crippen molar-refractivity contribution in [3.05, 3.63) is 23.8 Å². The van der Waals surface area contributed by atoms with Gasteiger partial charge in [0.2, 0.25) is 0 Å². The summed E-state index contributed by atoms with van der Waals surface area (Å²) in [6.07, 6.45) is 6.61. The second kappa shape index (κ2) is 11.2. The molecule has 174 valence electrons. The minimum absolute atomic E-state index is 0.168. The highest BCUT2D eigenvalue weighted by atomic mass is 16.5. The first-order chi connectivity index (χ1) is 14.9. The van der Waals surface area contributed by atoms with Crippen LogP contribution in [0.2, 0.25) is 0 Å². The molecule has 0 radical (unpaired) electrons. The van der Waals surface area contributed by atoms with Gasteiger partial charge in [-0.3, -0.25) is 14.6 Å². The van der Waals surface area contributed by atoms with Crippen LogP contribution >= 0.6 is 0 Å². The zero-order chi connectivity index (χ0) is 22.4. The number of nitrogens with zero attached hydrogens (tertiary/aromatic N) is 2. The van der Waals surface area contributed by atoms with Crippen molar-refractivity contribution in [1.82, 2.24) is 9.80 Å². The summed E-state index contributed by atoms with van der Waals surface area (Å²) in [6, 6.07) is 5.98. The lowest BCUT2D eigenvalue weighted by molar-refractivity contribution is -0.144. The molecule has 31 heavy (non-hydrogen) atoms. The Bertz CT molecular complexity index is 726. The van der Waals surface area contributed by atoms with Gasteiger partial charge >= 0.3 is 5.97 Å². The minimum atomic E-state index is -0.719. The molecule has 2 fully saturated rings. The van der Waals surface area contributed by atoms with Crippen LogP contribution in [0.5, 0.6) is 11.5 Å². The van der Waals surface area contributed by atoms with E-state index in [0.717, 1.165) is 50.3 Å². The summed E-state index contributed by atoms with van der Waals surface area (Å²) < 4.78 is 17.1. The predicted molar refractivity (Wildman–Crippen MR) is 120 cm³/mol. The van der Waals surface area contributed by atoms with Gasteiger partial charge in [0.25, 0.3) is 0 Å². The topological polar surface area (TPSA) is 71.5 Å². The molecule has 0 spiro atoms. The smallest absolute Gasteiger partial charge is 0.321 e. The van der Waals surface area contributed by atoms with E-state index in [2.05, 4.69) is 11.0 Å². The number of aliphatic carboxylic acids is 1. The molecule has 7 nitrogen and oxygen atoms in total. The van der Waals surface area contributed by atoms with Crippen molar-refractivity contribution in [3.63, 3.8) is 0 Å². The molecule has 1 N–H and O–H groups in total. The van der Waals surface area contributed by atoms with Crippen LogP contribution in [0.15, 0.2) is 18.2 Å². The molecule has 1 aliphatic heterocycles. The average Bonchev–Trinajstić information content (AvgIpc) is 3.22. The highest BCUT2D eigenvalue weighted by Gasteiger charge is 2.40. The molecule has 4 atom stereocenters. The first-order valence-corrected chi connectivity index (χ1v) is 11.4. The maximum Gasteiger partial charge on any atom is 0.321 e. The lowest BCUT2D eigenvalue weighted by atomic mass is 9.91. The monoisotopic (exact) mass is 434 g/mol. The molecule has 1 aromatic carbocycles. The Morgan fingerprint density at radius 2 is 1.90 bits per heavy atom. The van der Waals surface area contributed by atoms with E-state index in [9.17, 15) is 9.90 Å². The average molecular weight is 435 g/mol. The number of ether oxygens (including phenoxy) is 3. The highest BCUT2D eigenvalue weighted by Crippen LogP contribution is 2.32. The van der Waals surface area contributed by atoms with Crippen LogP contribution in [0, 0.1) is 5.92 Å². The van der Waals surface area contributed by atoms with Crippen LogP contribution in [0.4, 0.5) is 0 Å². The van der Waals surface area contributed by atoms with Crippen molar-refractivity contribution in [1.29, 1.82) is 0 Å². The van der Waals surface area contributed by atoms with Gasteiger partial charge in [0.05, 0.1) is 26.9 Å². The summed E-state index contributed by atoms with van der Waals surface area (Å²) >= 11 is 0. The fourth-order valence-electron chi connectivity index (χ4n) is 5.27. The van der Waals surface area contributed by atoms with Crippen molar-refractivity contribution < 1.29 is 24.1 Å². The Balaban J connectivity index is 1.56. The zero-order valence-electron chi connectivity index (χ0n) is 19.4. The Kier molecular flexibility index (Phi) is 8.58. The van der Waals surface area contributed by atoms with E-state index in [-0.39, 0.29) is 12.0 Å². The summed E-state index contributed by atoms with van der Waals surface area (Å²) in [7, 11) is 7.02. The fourth-order valence-corrected chi connectivity index (χ4v) is 5.27. The molecule has 1 saturated carbocycles. The van der Waals surface area contributed by atoms with Gasteiger partial charge < -0.3 is 19.3 Å². The van der Waals surface area contributed by atoms with Gasteiger partial charge in [-0.2, -0.15) is 0 Å². The van der Waals surface area contributed by atoms with Crippen molar-refractivity contribution in [2.75, 3.05) is 48.0 Å². The molecule has 0 amide bonds. The maximum absolute atomic E-state index is 11.7. The molecule has 1 aromatic rings. The number of hydrogen-bond acceptors (Lipinski definition) is 6. The van der Waals surface area contributed by atoms with Crippen molar-refractivity contribution in [2.24, 2.45) is 5.92 Å². The second-order valence-corrected chi connectivity index (χ2v) is 8.99. The number of carboxylic acid groups (broad SMARTS) is 1. The Morgan fingerprint density at radius 1 is 1.16 bits per heavy atom. The van der Waals surface area contributed by atoms with E-state index in [1.807, 2.05) is 31.1 Å². The van der Waals surface area contributed by atoms with E-state index in [1.54, 1.807) is 14.2 Å². The summed E-state index contributed by atoms with van der Waals surface area (Å²) in [5, 5.41) is 9.65. The van der Waals surface area contributed by atoms with Crippen molar-refractivity contribution >= 4 is 5.97 Å². The van der Waals surface area contributed by atoms with E-state index in [4.69, 9.17) is 14.2 Å². The van der Waals surface area contributed by atoms with Crippen LogP contribution in [-0.4, -0.2) is 87.1 Å². The molecule has 1 unspecified atom stereocenters. The third-order valence-corrected chi connectivity index (χ3v) is 6.82. The van der Waals surface area contributed by atoms with E-state index in [1.165, 1.54) is 18.4 Å². The fraction of sp³-hybridized carbons (Fsp3) is 0.708. The molecule has 0 bridgehead atoms. The molecule has 1 aliphatic carbocycles. The third-order valence-electron chi connectivity index (χ3n) is 6.82. The van der Waals surface area contributed by atoms with Gasteiger partial charge in [-0.1, -0.05) is 18.9 Å². The number of methoxy groups -OCH3 is 2. The van der Waals surface area contributed by atoms with Crippen LogP contribution in [-0.2, 0) is 16.0 Å². The van der Waals surface area contributed by atoms with E-state index in [0.29, 0.717) is 12.6 Å². The summed E-state index contributed by atoms with van der Waals surface area (Å²) in [5.41, 5.74) is 1.17. The van der Waals surface area contributed by atoms with Crippen LogP contribution in [0.25, 0.3) is 0 Å². The molecular formula is C24H38N2O5. The molecular weight excluding hydrogens is 396 g/mol. The maximum atomic E-state index is 11.7. The summed E-state index contributed by atoms with van der Waals surface area (Å²) in [4.78, 5) is 16.1. The normalized spacial score (nSPS) is 25.5. The largest absolute Gasteiger partial charge is 0.493 e. The lowest BCUT2D eigenvalue weighted by Gasteiger charge is -2.38. The van der Waals surface area contributed by atoms with Crippen molar-refractivity contribution in [2.45, 2.75) is 56.7 Å². The molecule has 7 heteroatoms. The number of rotatable bonds is 10. The van der Waals surface area contributed by atoms with Crippen LogP contribution in [0.1, 0.15) is 37.7 Å². The lowest BCUT2D eigenvalue weighted by Crippen LogP contribution is -2.48. The van der Waals surface area contributed by atoms with Crippen molar-refractivity contribution in [3.8, 4) is 11.5 Å². The predicted octanol–water partition coefficient (Wildman–Crippen LogP) is 2.91. The quantitative estimate of drug-likeness (QED) is 0.607. The number of carboxylic acids is 1. The number of likely N-dealkylation sites (tertiary alicyclic amines) is 1. The third kappa shape index (κ3) is 5.90. The molecule has 0 aromatic heterocycles. The van der Waals surface area contributed by atoms with E-state index >= 15 is 0 Å². The highest BCUT2D eigenvalue weighted by molar-refractivity contribution is 5.74. The van der Waals surface area contributed by atoms with Gasteiger partial charge in [0.1, 0.15) is 6.04 Å². The number of benzene rings is 1. The zero-order valence-corrected chi connectivity index (χ0v) is 19.4. The molecule has 1 heterocycles.